The zero-order chi connectivity index (χ0) is 21.3. The normalized spacial score (nSPS) is 11.5. The largest absolute Gasteiger partial charge is 0.444 e. The van der Waals surface area contributed by atoms with Crippen LogP contribution in [0, 0.1) is 0 Å². The summed E-state index contributed by atoms with van der Waals surface area (Å²) in [6.45, 7) is 5.32. The van der Waals surface area contributed by atoms with Crippen molar-refractivity contribution in [3.8, 4) is 34.7 Å². The van der Waals surface area contributed by atoms with Crippen LogP contribution in [-0.4, -0.2) is 41.8 Å². The molecule has 0 saturated carbocycles. The molecule has 0 atom stereocenters. The molecule has 30 heavy (non-hydrogen) atoms. The SMILES string of the molecule is Cn1nc(NC(=O)OC(C)(C)C)cc1-c1nc(-c2nc(-c3ccccc3)no2)no1. The van der Waals surface area contributed by atoms with Crippen molar-refractivity contribution < 1.29 is 18.6 Å². The number of nitrogens with zero attached hydrogens (tertiary/aromatic N) is 6. The maximum absolute atomic E-state index is 11.9. The Morgan fingerprint density at radius 1 is 1.03 bits per heavy atom. The Morgan fingerprint density at radius 3 is 2.43 bits per heavy atom. The average molecular weight is 409 g/mol. The van der Waals surface area contributed by atoms with Crippen LogP contribution < -0.4 is 5.32 Å². The number of carbonyl (C=O) groups excluding carboxylic acids is 1. The Kier molecular flexibility index (Phi) is 4.78. The van der Waals surface area contributed by atoms with Crippen molar-refractivity contribution in [1.82, 2.24) is 30.1 Å². The number of carbonyl (C=O) groups is 1. The van der Waals surface area contributed by atoms with Gasteiger partial charge in [-0.15, -0.1) is 0 Å². The van der Waals surface area contributed by atoms with Crippen LogP contribution in [0.15, 0.2) is 45.4 Å². The second-order valence-corrected chi connectivity index (χ2v) is 7.38. The summed E-state index contributed by atoms with van der Waals surface area (Å²) in [5.41, 5.74) is 0.675. The Hall–Kier alpha value is -4.02. The molecular formula is C19H19N7O4. The van der Waals surface area contributed by atoms with Gasteiger partial charge in [0.25, 0.3) is 17.6 Å². The van der Waals surface area contributed by atoms with E-state index in [2.05, 4.69) is 30.7 Å². The van der Waals surface area contributed by atoms with E-state index in [-0.39, 0.29) is 23.4 Å². The highest BCUT2D eigenvalue weighted by molar-refractivity contribution is 5.84. The number of hydrogen-bond acceptors (Lipinski definition) is 9. The van der Waals surface area contributed by atoms with Crippen molar-refractivity contribution >= 4 is 11.9 Å². The monoisotopic (exact) mass is 409 g/mol. The van der Waals surface area contributed by atoms with Crippen LogP contribution in [0.5, 0.6) is 0 Å². The molecule has 4 rings (SSSR count). The molecule has 154 valence electrons. The summed E-state index contributed by atoms with van der Waals surface area (Å²) in [6.07, 6.45) is -0.613. The van der Waals surface area contributed by atoms with Gasteiger partial charge in [-0.05, 0) is 20.8 Å². The summed E-state index contributed by atoms with van der Waals surface area (Å²) in [4.78, 5) is 20.5. The Morgan fingerprint density at radius 2 is 1.70 bits per heavy atom. The maximum Gasteiger partial charge on any atom is 0.413 e. The predicted molar refractivity (Wildman–Crippen MR) is 105 cm³/mol. The first kappa shape index (κ1) is 19.3. The van der Waals surface area contributed by atoms with E-state index < -0.39 is 11.7 Å². The van der Waals surface area contributed by atoms with Gasteiger partial charge >= 0.3 is 6.09 Å². The van der Waals surface area contributed by atoms with Gasteiger partial charge in [-0.25, -0.2) is 4.79 Å². The van der Waals surface area contributed by atoms with Crippen LogP contribution in [0.25, 0.3) is 34.7 Å². The zero-order valence-corrected chi connectivity index (χ0v) is 16.8. The lowest BCUT2D eigenvalue weighted by molar-refractivity contribution is 0.0635. The van der Waals surface area contributed by atoms with Gasteiger partial charge in [0, 0.05) is 18.7 Å². The van der Waals surface area contributed by atoms with Crippen LogP contribution in [-0.2, 0) is 11.8 Å². The number of aryl methyl sites for hydroxylation is 1. The van der Waals surface area contributed by atoms with E-state index in [4.69, 9.17) is 13.8 Å². The van der Waals surface area contributed by atoms with E-state index in [9.17, 15) is 4.79 Å². The van der Waals surface area contributed by atoms with Gasteiger partial charge in [-0.1, -0.05) is 40.6 Å². The Labute approximate surface area is 171 Å². The van der Waals surface area contributed by atoms with Crippen LogP contribution in [0.4, 0.5) is 10.6 Å². The van der Waals surface area contributed by atoms with Gasteiger partial charge in [-0.3, -0.25) is 10.00 Å². The topological polar surface area (TPSA) is 134 Å². The fourth-order valence-electron chi connectivity index (χ4n) is 2.57. The first-order valence-electron chi connectivity index (χ1n) is 9.06. The molecule has 0 saturated heterocycles. The second kappa shape index (κ2) is 7.43. The van der Waals surface area contributed by atoms with E-state index in [1.54, 1.807) is 33.9 Å². The smallest absolute Gasteiger partial charge is 0.413 e. The minimum absolute atomic E-state index is 0.123. The maximum atomic E-state index is 11.9. The van der Waals surface area contributed by atoms with Gasteiger partial charge < -0.3 is 13.8 Å². The third kappa shape index (κ3) is 4.19. The number of benzene rings is 1. The van der Waals surface area contributed by atoms with E-state index in [0.717, 1.165) is 5.56 Å². The number of amides is 1. The fraction of sp³-hybridized carbons (Fsp3) is 0.263. The first-order valence-corrected chi connectivity index (χ1v) is 9.06. The first-order chi connectivity index (χ1) is 14.3. The van der Waals surface area contributed by atoms with Gasteiger partial charge in [0.1, 0.15) is 11.3 Å². The molecule has 0 bridgehead atoms. The lowest BCUT2D eigenvalue weighted by Crippen LogP contribution is -2.27. The van der Waals surface area contributed by atoms with Gasteiger partial charge in [0.15, 0.2) is 5.82 Å². The molecule has 0 aliphatic rings. The number of aromatic nitrogens is 6. The van der Waals surface area contributed by atoms with Crippen molar-refractivity contribution in [2.75, 3.05) is 5.32 Å². The highest BCUT2D eigenvalue weighted by Crippen LogP contribution is 2.25. The van der Waals surface area contributed by atoms with Crippen molar-refractivity contribution in [1.29, 1.82) is 0 Å². The molecule has 3 heterocycles. The summed E-state index contributed by atoms with van der Waals surface area (Å²) in [5, 5.41) is 14.6. The molecule has 11 heteroatoms. The van der Waals surface area contributed by atoms with Gasteiger partial charge in [0.2, 0.25) is 5.82 Å². The van der Waals surface area contributed by atoms with Crippen molar-refractivity contribution in [3.63, 3.8) is 0 Å². The third-order valence-corrected chi connectivity index (χ3v) is 3.80. The number of anilines is 1. The summed E-state index contributed by atoms with van der Waals surface area (Å²) < 4.78 is 17.3. The molecule has 1 aromatic carbocycles. The second-order valence-electron chi connectivity index (χ2n) is 7.38. The molecule has 1 amide bonds. The van der Waals surface area contributed by atoms with E-state index in [0.29, 0.717) is 11.5 Å². The molecule has 0 fully saturated rings. The van der Waals surface area contributed by atoms with Crippen LogP contribution in [0.2, 0.25) is 0 Å². The zero-order valence-electron chi connectivity index (χ0n) is 16.8. The standard InChI is InChI=1S/C19H19N7O4/c1-19(2,3)28-18(27)20-13-10-12(26(4)23-13)16-22-15(25-29-16)17-21-14(24-30-17)11-8-6-5-7-9-11/h5-10H,1-4H3,(H,20,23,27). The van der Waals surface area contributed by atoms with Gasteiger partial charge in [-0.2, -0.15) is 15.1 Å². The lowest BCUT2D eigenvalue weighted by atomic mass is 10.2. The molecule has 0 radical (unpaired) electrons. The summed E-state index contributed by atoms with van der Waals surface area (Å²) in [7, 11) is 1.68. The third-order valence-electron chi connectivity index (χ3n) is 3.80. The lowest BCUT2D eigenvalue weighted by Gasteiger charge is -2.18. The summed E-state index contributed by atoms with van der Waals surface area (Å²) in [6, 6.07) is 11.0. The number of nitrogens with one attached hydrogen (secondary N) is 1. The predicted octanol–water partition coefficient (Wildman–Crippen LogP) is 3.53. The van der Waals surface area contributed by atoms with Crippen LogP contribution >= 0.6 is 0 Å². The van der Waals surface area contributed by atoms with Crippen LogP contribution in [0.1, 0.15) is 20.8 Å². The fourth-order valence-corrected chi connectivity index (χ4v) is 2.57. The summed E-state index contributed by atoms with van der Waals surface area (Å²) in [5.74, 6) is 1.14. The van der Waals surface area contributed by atoms with E-state index in [1.807, 2.05) is 30.3 Å². The van der Waals surface area contributed by atoms with Crippen LogP contribution in [0.3, 0.4) is 0 Å². The van der Waals surface area contributed by atoms with Crippen molar-refractivity contribution in [3.05, 3.63) is 36.4 Å². The number of rotatable bonds is 4. The Balaban J connectivity index is 1.53. The molecule has 4 aromatic rings. The molecule has 11 nitrogen and oxygen atoms in total. The molecule has 1 N–H and O–H groups in total. The quantitative estimate of drug-likeness (QED) is 0.537. The Bertz CT molecular complexity index is 1170. The number of ether oxygens (including phenoxy) is 1. The van der Waals surface area contributed by atoms with Crippen molar-refractivity contribution in [2.45, 2.75) is 26.4 Å². The van der Waals surface area contributed by atoms with E-state index >= 15 is 0 Å². The molecule has 0 spiro atoms. The minimum atomic E-state index is -0.619. The van der Waals surface area contributed by atoms with Gasteiger partial charge in [0.05, 0.1) is 0 Å². The van der Waals surface area contributed by atoms with Crippen molar-refractivity contribution in [2.24, 2.45) is 7.05 Å². The molecule has 0 aliphatic heterocycles. The highest BCUT2D eigenvalue weighted by Gasteiger charge is 2.22. The summed E-state index contributed by atoms with van der Waals surface area (Å²) >= 11 is 0. The molecule has 0 unspecified atom stereocenters. The highest BCUT2D eigenvalue weighted by atomic mass is 16.6. The minimum Gasteiger partial charge on any atom is -0.444 e. The average Bonchev–Trinajstić information content (AvgIpc) is 3.40. The van der Waals surface area contributed by atoms with E-state index in [1.165, 1.54) is 4.68 Å². The number of hydrogen-bond donors (Lipinski definition) is 1. The molecule has 0 aliphatic carbocycles. The molecule has 3 aromatic heterocycles. The molecular weight excluding hydrogens is 390 g/mol.